The largest absolute Gasteiger partial charge is 0.469 e. The van der Waals surface area contributed by atoms with Crippen LogP contribution in [0.5, 0.6) is 0 Å². The first-order chi connectivity index (χ1) is 9.25. The van der Waals surface area contributed by atoms with E-state index in [2.05, 4.69) is 5.10 Å². The van der Waals surface area contributed by atoms with Crippen LogP contribution in [0.4, 0.5) is 0 Å². The average Bonchev–Trinajstić information content (AvgIpc) is 3.03. The van der Waals surface area contributed by atoms with Gasteiger partial charge in [-0.1, -0.05) is 18.2 Å². The number of hydrogen-bond donors (Lipinski definition) is 1. The van der Waals surface area contributed by atoms with Crippen LogP contribution in [0.2, 0.25) is 0 Å². The highest BCUT2D eigenvalue weighted by Gasteiger charge is 2.13. The highest BCUT2D eigenvalue weighted by molar-refractivity contribution is 5.33. The van der Waals surface area contributed by atoms with Crippen molar-refractivity contribution in [1.29, 1.82) is 0 Å². The quantitative estimate of drug-likeness (QED) is 0.781. The number of para-hydroxylation sites is 1. The van der Waals surface area contributed by atoms with Crippen LogP contribution in [0.3, 0.4) is 0 Å². The maximum atomic E-state index is 12.4. The Bertz CT molecular complexity index is 721. The number of rotatable bonds is 3. The Morgan fingerprint density at radius 2 is 1.95 bits per heavy atom. The second kappa shape index (κ2) is 4.65. The zero-order valence-electron chi connectivity index (χ0n) is 10.6. The first-order valence-electron chi connectivity index (χ1n) is 6.14. The fraction of sp³-hybridized carbons (Fsp3) is 0.133. The van der Waals surface area contributed by atoms with E-state index in [-0.39, 0.29) is 5.56 Å². The van der Waals surface area contributed by atoms with E-state index < -0.39 is 0 Å². The lowest BCUT2D eigenvalue weighted by molar-refractivity contribution is 0.520. The molecule has 4 nitrogen and oxygen atoms in total. The molecule has 0 saturated heterocycles. The average molecular weight is 254 g/mol. The van der Waals surface area contributed by atoms with Gasteiger partial charge in [-0.3, -0.25) is 9.89 Å². The van der Waals surface area contributed by atoms with Crippen molar-refractivity contribution < 1.29 is 4.42 Å². The molecule has 3 rings (SSSR count). The summed E-state index contributed by atoms with van der Waals surface area (Å²) in [4.78, 5) is 12.4. The molecule has 0 fully saturated rings. The van der Waals surface area contributed by atoms with Crippen LogP contribution in [-0.2, 0) is 6.42 Å². The van der Waals surface area contributed by atoms with Gasteiger partial charge in [0.15, 0.2) is 0 Å². The number of H-pyrrole nitrogens is 1. The van der Waals surface area contributed by atoms with Crippen molar-refractivity contribution in [3.63, 3.8) is 0 Å². The molecule has 96 valence electrons. The molecular weight excluding hydrogens is 240 g/mol. The standard InChI is InChI=1S/C15H14N2O2/c1-11-14(10-13-8-5-9-19-13)15(18)17(16-11)12-6-3-2-4-7-12/h2-9,16H,10H2,1H3. The van der Waals surface area contributed by atoms with E-state index in [0.29, 0.717) is 6.42 Å². The van der Waals surface area contributed by atoms with Crippen LogP contribution >= 0.6 is 0 Å². The van der Waals surface area contributed by atoms with Crippen molar-refractivity contribution in [2.45, 2.75) is 13.3 Å². The topological polar surface area (TPSA) is 50.9 Å². The highest BCUT2D eigenvalue weighted by atomic mass is 16.3. The van der Waals surface area contributed by atoms with E-state index in [0.717, 1.165) is 22.7 Å². The summed E-state index contributed by atoms with van der Waals surface area (Å²) < 4.78 is 6.86. The minimum atomic E-state index is -0.0277. The second-order valence-electron chi connectivity index (χ2n) is 4.45. The van der Waals surface area contributed by atoms with Gasteiger partial charge in [0, 0.05) is 17.7 Å². The fourth-order valence-electron chi connectivity index (χ4n) is 2.14. The molecule has 0 radical (unpaired) electrons. The second-order valence-corrected chi connectivity index (χ2v) is 4.45. The summed E-state index contributed by atoms with van der Waals surface area (Å²) >= 11 is 0. The normalized spacial score (nSPS) is 10.8. The number of nitrogens with one attached hydrogen (secondary N) is 1. The zero-order valence-corrected chi connectivity index (χ0v) is 10.6. The molecule has 0 spiro atoms. The van der Waals surface area contributed by atoms with Crippen LogP contribution in [0.1, 0.15) is 17.0 Å². The van der Waals surface area contributed by atoms with Gasteiger partial charge in [0.25, 0.3) is 5.56 Å². The number of aromatic amines is 1. The molecule has 3 aromatic rings. The molecule has 0 saturated carbocycles. The minimum absolute atomic E-state index is 0.0277. The van der Waals surface area contributed by atoms with Gasteiger partial charge in [0.05, 0.1) is 12.0 Å². The van der Waals surface area contributed by atoms with E-state index in [1.165, 1.54) is 0 Å². The molecule has 1 aromatic carbocycles. The first-order valence-corrected chi connectivity index (χ1v) is 6.14. The van der Waals surface area contributed by atoms with E-state index in [1.54, 1.807) is 10.9 Å². The molecule has 19 heavy (non-hydrogen) atoms. The molecule has 0 amide bonds. The summed E-state index contributed by atoms with van der Waals surface area (Å²) in [6, 6.07) is 13.2. The lowest BCUT2D eigenvalue weighted by Gasteiger charge is -1.99. The monoisotopic (exact) mass is 254 g/mol. The predicted molar refractivity (Wildman–Crippen MR) is 72.6 cm³/mol. The van der Waals surface area contributed by atoms with Crippen LogP contribution in [-0.4, -0.2) is 9.78 Å². The van der Waals surface area contributed by atoms with Crippen LogP contribution < -0.4 is 5.56 Å². The lowest BCUT2D eigenvalue weighted by atomic mass is 10.1. The number of furan rings is 1. The highest BCUT2D eigenvalue weighted by Crippen LogP contribution is 2.11. The van der Waals surface area contributed by atoms with E-state index in [1.807, 2.05) is 49.4 Å². The molecule has 0 bridgehead atoms. The Hall–Kier alpha value is -2.49. The van der Waals surface area contributed by atoms with Crippen molar-refractivity contribution in [1.82, 2.24) is 9.78 Å². The smallest absolute Gasteiger partial charge is 0.275 e. The van der Waals surface area contributed by atoms with Gasteiger partial charge >= 0.3 is 0 Å². The van der Waals surface area contributed by atoms with Gasteiger partial charge in [-0.05, 0) is 31.2 Å². The Labute approximate surface area is 110 Å². The lowest BCUT2D eigenvalue weighted by Crippen LogP contribution is -2.17. The van der Waals surface area contributed by atoms with Gasteiger partial charge in [-0.25, -0.2) is 4.68 Å². The van der Waals surface area contributed by atoms with Gasteiger partial charge in [0.1, 0.15) is 5.76 Å². The Kier molecular flexibility index (Phi) is 2.83. The van der Waals surface area contributed by atoms with Gasteiger partial charge < -0.3 is 4.42 Å². The maximum Gasteiger partial charge on any atom is 0.275 e. The third-order valence-corrected chi connectivity index (χ3v) is 3.14. The zero-order chi connectivity index (χ0) is 13.2. The summed E-state index contributed by atoms with van der Waals surface area (Å²) in [7, 11) is 0. The van der Waals surface area contributed by atoms with Crippen LogP contribution in [0.15, 0.2) is 57.9 Å². The summed E-state index contributed by atoms with van der Waals surface area (Å²) in [5.74, 6) is 0.791. The number of benzene rings is 1. The third kappa shape index (κ3) is 2.12. The number of aromatic nitrogens is 2. The van der Waals surface area contributed by atoms with E-state index >= 15 is 0 Å². The number of aryl methyl sites for hydroxylation is 1. The SMILES string of the molecule is Cc1[nH]n(-c2ccccc2)c(=O)c1Cc1ccco1. The molecule has 4 heteroatoms. The number of nitrogens with zero attached hydrogens (tertiary/aromatic N) is 1. The van der Waals surface area contributed by atoms with Gasteiger partial charge in [0.2, 0.25) is 0 Å². The molecule has 2 heterocycles. The molecule has 0 aliphatic heterocycles. The Balaban J connectivity index is 2.04. The maximum absolute atomic E-state index is 12.4. The van der Waals surface area contributed by atoms with Crippen LogP contribution in [0, 0.1) is 6.92 Å². The first kappa shape index (κ1) is 11.6. The van der Waals surface area contributed by atoms with Crippen molar-refractivity contribution in [3.05, 3.63) is 76.1 Å². The molecule has 0 aliphatic carbocycles. The molecule has 0 unspecified atom stereocenters. The van der Waals surface area contributed by atoms with E-state index in [9.17, 15) is 4.79 Å². The summed E-state index contributed by atoms with van der Waals surface area (Å²) in [6.45, 7) is 1.90. The summed E-state index contributed by atoms with van der Waals surface area (Å²) in [5, 5.41) is 3.10. The Morgan fingerprint density at radius 1 is 1.16 bits per heavy atom. The van der Waals surface area contributed by atoms with Gasteiger partial charge in [-0.15, -0.1) is 0 Å². The molecule has 1 N–H and O–H groups in total. The van der Waals surface area contributed by atoms with Crippen molar-refractivity contribution in [2.24, 2.45) is 0 Å². The third-order valence-electron chi connectivity index (χ3n) is 3.14. The van der Waals surface area contributed by atoms with Crippen molar-refractivity contribution in [3.8, 4) is 5.69 Å². The van der Waals surface area contributed by atoms with E-state index in [4.69, 9.17) is 4.42 Å². The minimum Gasteiger partial charge on any atom is -0.469 e. The fourth-order valence-corrected chi connectivity index (χ4v) is 2.14. The predicted octanol–water partition coefficient (Wildman–Crippen LogP) is 2.66. The molecule has 0 atom stereocenters. The van der Waals surface area contributed by atoms with Gasteiger partial charge in [-0.2, -0.15) is 0 Å². The summed E-state index contributed by atoms with van der Waals surface area (Å²) in [6.07, 6.45) is 2.13. The molecular formula is C15H14N2O2. The van der Waals surface area contributed by atoms with Crippen molar-refractivity contribution >= 4 is 0 Å². The molecule has 0 aliphatic rings. The van der Waals surface area contributed by atoms with Crippen LogP contribution in [0.25, 0.3) is 5.69 Å². The summed E-state index contributed by atoms with van der Waals surface area (Å²) in [5.41, 5.74) is 2.41. The number of hydrogen-bond acceptors (Lipinski definition) is 2. The Morgan fingerprint density at radius 3 is 2.63 bits per heavy atom. The van der Waals surface area contributed by atoms with Crippen molar-refractivity contribution in [2.75, 3.05) is 0 Å². The molecule has 2 aromatic heterocycles.